The number of alkyl halides is 1. The number of amides is 3. The molecule has 146 valence electrons. The van der Waals surface area contributed by atoms with E-state index in [1.165, 1.54) is 16.7 Å². The SMILES string of the molecule is C[C@H]1C(=O)N(CC[C@H](F)C(=O)N2CCC3(CC3)[C@H](O)C2)CCN1C(=O)O. The highest BCUT2D eigenvalue weighted by Crippen LogP contribution is 2.53. The zero-order valence-corrected chi connectivity index (χ0v) is 14.9. The first-order chi connectivity index (χ1) is 12.2. The summed E-state index contributed by atoms with van der Waals surface area (Å²) in [4.78, 5) is 39.4. The second kappa shape index (κ2) is 7.02. The van der Waals surface area contributed by atoms with Crippen molar-refractivity contribution in [2.75, 3.05) is 32.7 Å². The number of carboxylic acid groups (broad SMARTS) is 1. The van der Waals surface area contributed by atoms with Crippen molar-refractivity contribution in [3.8, 4) is 0 Å². The van der Waals surface area contributed by atoms with Gasteiger partial charge in [0.2, 0.25) is 5.91 Å². The van der Waals surface area contributed by atoms with Gasteiger partial charge in [-0.2, -0.15) is 0 Å². The Bertz CT molecular complexity index is 597. The minimum absolute atomic E-state index is 0.0467. The molecule has 8 nitrogen and oxygen atoms in total. The predicted octanol–water partition coefficient (Wildman–Crippen LogP) is 0.299. The molecule has 1 aliphatic carbocycles. The Hall–Kier alpha value is -1.90. The maximum Gasteiger partial charge on any atom is 0.408 e. The highest BCUT2D eigenvalue weighted by molar-refractivity contribution is 5.86. The highest BCUT2D eigenvalue weighted by Gasteiger charge is 2.52. The fourth-order valence-corrected chi connectivity index (χ4v) is 3.97. The van der Waals surface area contributed by atoms with Crippen LogP contribution in [0.3, 0.4) is 0 Å². The van der Waals surface area contributed by atoms with E-state index >= 15 is 0 Å². The zero-order valence-electron chi connectivity index (χ0n) is 14.9. The third kappa shape index (κ3) is 3.49. The number of hydrogen-bond acceptors (Lipinski definition) is 4. The Morgan fingerprint density at radius 2 is 1.96 bits per heavy atom. The molecule has 0 bridgehead atoms. The van der Waals surface area contributed by atoms with Crippen LogP contribution < -0.4 is 0 Å². The van der Waals surface area contributed by atoms with Gasteiger partial charge in [-0.3, -0.25) is 14.5 Å². The molecule has 1 saturated carbocycles. The van der Waals surface area contributed by atoms with Crippen molar-refractivity contribution in [2.24, 2.45) is 5.41 Å². The van der Waals surface area contributed by atoms with Crippen LogP contribution in [-0.4, -0.2) is 93.9 Å². The molecular formula is C17H26FN3O5. The van der Waals surface area contributed by atoms with Crippen molar-refractivity contribution in [1.29, 1.82) is 0 Å². The van der Waals surface area contributed by atoms with E-state index in [0.717, 1.165) is 17.7 Å². The lowest BCUT2D eigenvalue weighted by Crippen LogP contribution is -2.57. The molecule has 26 heavy (non-hydrogen) atoms. The van der Waals surface area contributed by atoms with Gasteiger partial charge in [0.15, 0.2) is 6.17 Å². The highest BCUT2D eigenvalue weighted by atomic mass is 19.1. The summed E-state index contributed by atoms with van der Waals surface area (Å²) in [5.74, 6) is -1.01. The average molecular weight is 371 g/mol. The van der Waals surface area contributed by atoms with Gasteiger partial charge >= 0.3 is 6.09 Å². The van der Waals surface area contributed by atoms with Crippen LogP contribution in [0.5, 0.6) is 0 Å². The van der Waals surface area contributed by atoms with Crippen LogP contribution in [0.4, 0.5) is 9.18 Å². The van der Waals surface area contributed by atoms with E-state index in [9.17, 15) is 23.9 Å². The summed E-state index contributed by atoms with van der Waals surface area (Å²) in [5.41, 5.74) is -0.0467. The number of piperidine rings is 1. The first-order valence-corrected chi connectivity index (χ1v) is 9.14. The first kappa shape index (κ1) is 18.9. The van der Waals surface area contributed by atoms with Crippen molar-refractivity contribution in [3.05, 3.63) is 0 Å². The fraction of sp³-hybridized carbons (Fsp3) is 0.824. The van der Waals surface area contributed by atoms with Crippen molar-refractivity contribution in [3.63, 3.8) is 0 Å². The minimum atomic E-state index is -1.73. The maximum atomic E-state index is 14.4. The molecule has 3 atom stereocenters. The lowest BCUT2D eigenvalue weighted by atomic mass is 9.90. The van der Waals surface area contributed by atoms with Crippen LogP contribution in [0, 0.1) is 5.41 Å². The third-order valence-electron chi connectivity index (χ3n) is 6.10. The van der Waals surface area contributed by atoms with E-state index in [2.05, 4.69) is 0 Å². The predicted molar refractivity (Wildman–Crippen MR) is 89.2 cm³/mol. The molecule has 0 radical (unpaired) electrons. The molecule has 2 aliphatic heterocycles. The lowest BCUT2D eigenvalue weighted by Gasteiger charge is -2.38. The normalized spacial score (nSPS) is 29.0. The van der Waals surface area contributed by atoms with Crippen LogP contribution in [0.15, 0.2) is 0 Å². The number of aliphatic hydroxyl groups excluding tert-OH is 1. The second-order valence-corrected chi connectivity index (χ2v) is 7.65. The number of carbonyl (C=O) groups excluding carboxylic acids is 2. The summed E-state index contributed by atoms with van der Waals surface area (Å²) in [6.07, 6.45) is -0.937. The molecule has 0 aromatic heterocycles. The van der Waals surface area contributed by atoms with E-state index in [-0.39, 0.29) is 43.9 Å². The molecule has 9 heteroatoms. The van der Waals surface area contributed by atoms with Gasteiger partial charge in [-0.05, 0) is 31.6 Å². The van der Waals surface area contributed by atoms with Crippen LogP contribution >= 0.6 is 0 Å². The maximum absolute atomic E-state index is 14.4. The van der Waals surface area contributed by atoms with Gasteiger partial charge in [0, 0.05) is 39.1 Å². The summed E-state index contributed by atoms with van der Waals surface area (Å²) in [7, 11) is 0. The fourth-order valence-electron chi connectivity index (χ4n) is 3.97. The summed E-state index contributed by atoms with van der Waals surface area (Å²) in [5, 5.41) is 19.2. The van der Waals surface area contributed by atoms with Gasteiger partial charge in [-0.25, -0.2) is 9.18 Å². The number of hydrogen-bond donors (Lipinski definition) is 2. The summed E-state index contributed by atoms with van der Waals surface area (Å²) in [6.45, 7) is 2.58. The number of piperazine rings is 1. The molecule has 3 fully saturated rings. The molecule has 0 aromatic carbocycles. The van der Waals surface area contributed by atoms with Gasteiger partial charge in [0.1, 0.15) is 6.04 Å². The van der Waals surface area contributed by atoms with Gasteiger partial charge < -0.3 is 20.0 Å². The van der Waals surface area contributed by atoms with E-state index in [4.69, 9.17) is 5.11 Å². The summed E-state index contributed by atoms with van der Waals surface area (Å²) >= 11 is 0. The van der Waals surface area contributed by atoms with Crippen molar-refractivity contribution >= 4 is 17.9 Å². The third-order valence-corrected chi connectivity index (χ3v) is 6.10. The Labute approximate surface area is 151 Å². The zero-order chi connectivity index (χ0) is 19.1. The molecule has 3 amide bonds. The number of aliphatic hydroxyl groups is 1. The number of carbonyl (C=O) groups is 3. The Morgan fingerprint density at radius 1 is 1.27 bits per heavy atom. The molecule has 0 aromatic rings. The smallest absolute Gasteiger partial charge is 0.408 e. The molecule has 2 N–H and O–H groups in total. The monoisotopic (exact) mass is 371 g/mol. The van der Waals surface area contributed by atoms with E-state index in [1.807, 2.05) is 0 Å². The first-order valence-electron chi connectivity index (χ1n) is 9.14. The molecule has 0 unspecified atom stereocenters. The Kier molecular flexibility index (Phi) is 5.09. The molecule has 1 spiro atoms. The van der Waals surface area contributed by atoms with E-state index in [0.29, 0.717) is 13.0 Å². The Morgan fingerprint density at radius 3 is 2.54 bits per heavy atom. The van der Waals surface area contributed by atoms with Gasteiger partial charge in [0.25, 0.3) is 5.91 Å². The number of halogens is 1. The van der Waals surface area contributed by atoms with E-state index in [1.54, 1.807) is 0 Å². The van der Waals surface area contributed by atoms with Crippen LogP contribution in [-0.2, 0) is 9.59 Å². The molecular weight excluding hydrogens is 345 g/mol. The molecule has 3 aliphatic rings. The van der Waals surface area contributed by atoms with Crippen molar-refractivity contribution in [1.82, 2.24) is 14.7 Å². The van der Waals surface area contributed by atoms with E-state index < -0.39 is 30.3 Å². The van der Waals surface area contributed by atoms with Crippen molar-refractivity contribution < 1.29 is 29.0 Å². The molecule has 3 rings (SSSR count). The summed E-state index contributed by atoms with van der Waals surface area (Å²) < 4.78 is 14.4. The summed E-state index contributed by atoms with van der Waals surface area (Å²) in [6, 6.07) is -0.804. The largest absolute Gasteiger partial charge is 0.465 e. The topological polar surface area (TPSA) is 101 Å². The number of β-amino-alcohol motifs (C(OH)–C–C–N with tert-alkyl or cyclic N) is 1. The van der Waals surface area contributed by atoms with Crippen LogP contribution in [0.1, 0.15) is 32.6 Å². The van der Waals surface area contributed by atoms with Crippen LogP contribution in [0.2, 0.25) is 0 Å². The Balaban J connectivity index is 1.48. The van der Waals surface area contributed by atoms with Crippen LogP contribution in [0.25, 0.3) is 0 Å². The quantitative estimate of drug-likeness (QED) is 0.740. The van der Waals surface area contributed by atoms with Gasteiger partial charge in [-0.1, -0.05) is 0 Å². The lowest BCUT2D eigenvalue weighted by molar-refractivity contribution is -0.144. The number of likely N-dealkylation sites (tertiary alicyclic amines) is 1. The van der Waals surface area contributed by atoms with Gasteiger partial charge in [0.05, 0.1) is 6.10 Å². The number of nitrogens with zero attached hydrogens (tertiary/aromatic N) is 3. The standard InChI is InChI=1S/C17H26FN3O5/c1-11-14(23)19(8-9-21(11)16(25)26)6-2-12(18)15(24)20-7-5-17(3-4-17)13(22)10-20/h11-13,22H,2-10H2,1H3,(H,25,26)/t11-,12-,13+/m0/s1. The second-order valence-electron chi connectivity index (χ2n) is 7.65. The average Bonchev–Trinajstić information content (AvgIpc) is 3.38. The van der Waals surface area contributed by atoms with Crippen molar-refractivity contribution in [2.45, 2.75) is 50.9 Å². The number of rotatable bonds is 4. The van der Waals surface area contributed by atoms with Gasteiger partial charge in [-0.15, -0.1) is 0 Å². The molecule has 2 saturated heterocycles. The molecule has 2 heterocycles. The minimum Gasteiger partial charge on any atom is -0.465 e.